The molecular weight excluding hydrogens is 487 g/mol. The van der Waals surface area contributed by atoms with E-state index in [0.29, 0.717) is 24.6 Å². The standard InChI is InChI=1S/C26H26F3N5O3/c1-2-7-18-8-3-6-11-21(18)30-25(36)37-23-13-12-22(31-32-23)33-14-16-34(17-15-33)24(35)19-9-4-5-10-20(19)26(27,28)29/h3-6,8-13H,2,7,14-17H2,1H3,(H,30,36). The molecule has 4 rings (SSSR count). The van der Waals surface area contributed by atoms with Gasteiger partial charge < -0.3 is 14.5 Å². The zero-order valence-corrected chi connectivity index (χ0v) is 20.2. The van der Waals surface area contributed by atoms with Crippen LogP contribution in [0, 0.1) is 0 Å². The molecular formula is C26H26F3N5O3. The highest BCUT2D eigenvalue weighted by Crippen LogP contribution is 2.32. The number of hydrogen-bond donors (Lipinski definition) is 1. The van der Waals surface area contributed by atoms with Crippen LogP contribution in [-0.4, -0.2) is 53.3 Å². The number of anilines is 2. The van der Waals surface area contributed by atoms with Crippen molar-refractivity contribution < 1.29 is 27.5 Å². The Hall–Kier alpha value is -4.15. The van der Waals surface area contributed by atoms with E-state index in [0.717, 1.165) is 24.5 Å². The Morgan fingerprint density at radius 3 is 2.32 bits per heavy atom. The van der Waals surface area contributed by atoms with Gasteiger partial charge in [0.2, 0.25) is 5.88 Å². The summed E-state index contributed by atoms with van der Waals surface area (Å²) < 4.78 is 45.1. The minimum Gasteiger partial charge on any atom is -0.389 e. The number of aromatic nitrogens is 2. The van der Waals surface area contributed by atoms with E-state index in [1.165, 1.54) is 29.2 Å². The van der Waals surface area contributed by atoms with Gasteiger partial charge >= 0.3 is 12.3 Å². The van der Waals surface area contributed by atoms with Crippen LogP contribution in [0.5, 0.6) is 5.88 Å². The van der Waals surface area contributed by atoms with Crippen LogP contribution in [0.25, 0.3) is 0 Å². The summed E-state index contributed by atoms with van der Waals surface area (Å²) in [4.78, 5) is 28.3. The van der Waals surface area contributed by atoms with Gasteiger partial charge in [0, 0.05) is 37.9 Å². The van der Waals surface area contributed by atoms with Crippen LogP contribution in [0.15, 0.2) is 60.7 Å². The lowest BCUT2D eigenvalue weighted by Gasteiger charge is -2.35. The van der Waals surface area contributed by atoms with E-state index in [1.54, 1.807) is 12.1 Å². The van der Waals surface area contributed by atoms with Gasteiger partial charge in [-0.15, -0.1) is 10.2 Å². The summed E-state index contributed by atoms with van der Waals surface area (Å²) in [6.45, 7) is 3.24. The maximum absolute atomic E-state index is 13.3. The number of nitrogens with zero attached hydrogens (tertiary/aromatic N) is 4. The highest BCUT2D eigenvalue weighted by molar-refractivity contribution is 5.96. The maximum Gasteiger partial charge on any atom is 0.418 e. The number of piperazine rings is 1. The van der Waals surface area contributed by atoms with Gasteiger partial charge in [0.05, 0.1) is 11.1 Å². The average Bonchev–Trinajstić information content (AvgIpc) is 2.89. The fraction of sp³-hybridized carbons (Fsp3) is 0.308. The first-order chi connectivity index (χ1) is 17.8. The van der Waals surface area contributed by atoms with E-state index in [-0.39, 0.29) is 24.5 Å². The van der Waals surface area contributed by atoms with Crippen LogP contribution in [0.3, 0.4) is 0 Å². The number of amides is 2. The summed E-state index contributed by atoms with van der Waals surface area (Å²) in [5.41, 5.74) is 0.370. The van der Waals surface area contributed by atoms with Gasteiger partial charge in [-0.3, -0.25) is 10.1 Å². The van der Waals surface area contributed by atoms with Crippen LogP contribution in [0.1, 0.15) is 34.8 Å². The molecule has 0 radical (unpaired) electrons. The van der Waals surface area contributed by atoms with E-state index < -0.39 is 23.7 Å². The first-order valence-electron chi connectivity index (χ1n) is 11.9. The quantitative estimate of drug-likeness (QED) is 0.498. The van der Waals surface area contributed by atoms with Crippen molar-refractivity contribution in [1.29, 1.82) is 0 Å². The largest absolute Gasteiger partial charge is 0.418 e. The molecule has 1 aliphatic heterocycles. The predicted molar refractivity (Wildman–Crippen MR) is 132 cm³/mol. The molecule has 2 heterocycles. The Labute approximate surface area is 212 Å². The molecule has 0 bridgehead atoms. The van der Waals surface area contributed by atoms with Crippen LogP contribution in [0.2, 0.25) is 0 Å². The monoisotopic (exact) mass is 513 g/mol. The van der Waals surface area contributed by atoms with Crippen molar-refractivity contribution in [1.82, 2.24) is 15.1 Å². The summed E-state index contributed by atoms with van der Waals surface area (Å²) in [6.07, 6.45) is -3.54. The molecule has 0 saturated carbocycles. The van der Waals surface area contributed by atoms with Crippen LogP contribution >= 0.6 is 0 Å². The fourth-order valence-electron chi connectivity index (χ4n) is 4.12. The Bertz CT molecular complexity index is 1240. The first kappa shape index (κ1) is 25.9. The molecule has 0 atom stereocenters. The lowest BCUT2D eigenvalue weighted by Crippen LogP contribution is -2.49. The third-order valence-corrected chi connectivity index (χ3v) is 5.95. The van der Waals surface area contributed by atoms with Crippen LogP contribution in [0.4, 0.5) is 29.5 Å². The molecule has 1 N–H and O–H groups in total. The molecule has 0 spiro atoms. The summed E-state index contributed by atoms with van der Waals surface area (Å²) in [7, 11) is 0. The smallest absolute Gasteiger partial charge is 0.389 e. The van der Waals surface area contributed by atoms with Gasteiger partial charge in [-0.25, -0.2) is 4.79 Å². The Balaban J connectivity index is 1.33. The highest BCUT2D eigenvalue weighted by Gasteiger charge is 2.36. The Morgan fingerprint density at radius 1 is 0.946 bits per heavy atom. The van der Waals surface area contributed by atoms with Crippen LogP contribution < -0.4 is 15.0 Å². The second-order valence-corrected chi connectivity index (χ2v) is 8.47. The van der Waals surface area contributed by atoms with E-state index >= 15 is 0 Å². The maximum atomic E-state index is 13.3. The van der Waals surface area contributed by atoms with Gasteiger partial charge in [-0.1, -0.05) is 43.7 Å². The molecule has 8 nitrogen and oxygen atoms in total. The minimum atomic E-state index is -4.61. The van der Waals surface area contributed by atoms with E-state index in [4.69, 9.17) is 4.74 Å². The molecule has 1 aliphatic rings. The predicted octanol–water partition coefficient (Wildman–Crippen LogP) is 5.02. The second kappa shape index (κ2) is 11.3. The van der Waals surface area contributed by atoms with Crippen molar-refractivity contribution in [2.75, 3.05) is 36.4 Å². The number of halogens is 3. The molecule has 2 amide bonds. The lowest BCUT2D eigenvalue weighted by atomic mass is 10.1. The van der Waals surface area contributed by atoms with Gasteiger partial charge in [0.25, 0.3) is 5.91 Å². The van der Waals surface area contributed by atoms with Crippen LogP contribution in [-0.2, 0) is 12.6 Å². The number of nitrogens with one attached hydrogen (secondary N) is 1. The lowest BCUT2D eigenvalue weighted by molar-refractivity contribution is -0.138. The van der Waals surface area contributed by atoms with Crippen molar-refractivity contribution in [2.24, 2.45) is 0 Å². The molecule has 194 valence electrons. The number of rotatable bonds is 6. The zero-order chi connectivity index (χ0) is 26.4. The number of aryl methyl sites for hydroxylation is 1. The highest BCUT2D eigenvalue weighted by atomic mass is 19.4. The summed E-state index contributed by atoms with van der Waals surface area (Å²) in [5, 5.41) is 10.8. The molecule has 11 heteroatoms. The third-order valence-electron chi connectivity index (χ3n) is 5.95. The number of alkyl halides is 3. The van der Waals surface area contributed by atoms with Gasteiger partial charge in [0.15, 0.2) is 5.82 Å². The summed E-state index contributed by atoms with van der Waals surface area (Å²) in [5.74, 6) is -0.135. The first-order valence-corrected chi connectivity index (χ1v) is 11.9. The fourth-order valence-corrected chi connectivity index (χ4v) is 4.12. The van der Waals surface area contributed by atoms with E-state index in [1.807, 2.05) is 23.1 Å². The van der Waals surface area contributed by atoms with Gasteiger partial charge in [-0.05, 0) is 36.2 Å². The molecule has 0 unspecified atom stereocenters. The number of carbonyl (C=O) groups excluding carboxylic acids is 2. The van der Waals surface area contributed by atoms with Crippen molar-refractivity contribution in [2.45, 2.75) is 25.9 Å². The van der Waals surface area contributed by atoms with Crippen molar-refractivity contribution in [3.05, 3.63) is 77.4 Å². The molecule has 1 aromatic heterocycles. The number of hydrogen-bond acceptors (Lipinski definition) is 6. The van der Waals surface area contributed by atoms with Gasteiger partial charge in [-0.2, -0.15) is 13.2 Å². The topological polar surface area (TPSA) is 87.7 Å². The average molecular weight is 514 g/mol. The molecule has 2 aromatic carbocycles. The number of ether oxygens (including phenoxy) is 1. The number of carbonyl (C=O) groups is 2. The summed E-state index contributed by atoms with van der Waals surface area (Å²) >= 11 is 0. The van der Waals surface area contributed by atoms with Crippen molar-refractivity contribution >= 4 is 23.5 Å². The number of para-hydroxylation sites is 1. The molecule has 0 aliphatic carbocycles. The van der Waals surface area contributed by atoms with Gasteiger partial charge in [0.1, 0.15) is 0 Å². The second-order valence-electron chi connectivity index (χ2n) is 8.47. The summed E-state index contributed by atoms with van der Waals surface area (Å²) in [6, 6.07) is 15.4. The zero-order valence-electron chi connectivity index (χ0n) is 20.2. The van der Waals surface area contributed by atoms with E-state index in [9.17, 15) is 22.8 Å². The molecule has 1 saturated heterocycles. The number of benzene rings is 2. The minimum absolute atomic E-state index is 0.0202. The molecule has 37 heavy (non-hydrogen) atoms. The SMILES string of the molecule is CCCc1ccccc1NC(=O)Oc1ccc(N2CCN(C(=O)c3ccccc3C(F)(F)F)CC2)nn1. The van der Waals surface area contributed by atoms with Crippen molar-refractivity contribution in [3.8, 4) is 5.88 Å². The van der Waals surface area contributed by atoms with Crippen molar-refractivity contribution in [3.63, 3.8) is 0 Å². The molecule has 1 fully saturated rings. The Morgan fingerprint density at radius 2 is 1.65 bits per heavy atom. The molecule has 3 aromatic rings. The third kappa shape index (κ3) is 6.35. The van der Waals surface area contributed by atoms with E-state index in [2.05, 4.69) is 22.4 Å². The normalized spacial score (nSPS) is 13.8. The Kier molecular flexibility index (Phi) is 7.90.